The van der Waals surface area contributed by atoms with E-state index in [1.54, 1.807) is 17.4 Å². The molecule has 5 heteroatoms. The molecule has 1 aromatic heterocycles. The number of allylic oxidation sites excluding steroid dienone is 2. The molecule has 1 aromatic rings. The minimum atomic E-state index is -0.942. The van der Waals surface area contributed by atoms with E-state index in [0.717, 1.165) is 6.42 Å². The first kappa shape index (κ1) is 17.9. The second-order valence-electron chi connectivity index (χ2n) is 6.48. The Hall–Kier alpha value is -1.45. The van der Waals surface area contributed by atoms with Crippen LogP contribution in [0.15, 0.2) is 41.8 Å². The van der Waals surface area contributed by atoms with E-state index in [-0.39, 0.29) is 12.1 Å². The van der Waals surface area contributed by atoms with Gasteiger partial charge in [-0.05, 0) is 37.8 Å². The average molecular weight is 332 g/mol. The highest BCUT2D eigenvalue weighted by molar-refractivity contribution is 7.09. The number of hydrogen-bond donors (Lipinski definition) is 2. The fourth-order valence-corrected chi connectivity index (χ4v) is 3.37. The Bertz CT molecular complexity index is 587. The van der Waals surface area contributed by atoms with E-state index in [9.17, 15) is 10.4 Å². The number of aliphatic hydroxyl groups is 1. The summed E-state index contributed by atoms with van der Waals surface area (Å²) in [5, 5.41) is 24.9. The highest BCUT2D eigenvalue weighted by Gasteiger charge is 2.29. The van der Waals surface area contributed by atoms with Crippen molar-refractivity contribution in [3.8, 4) is 6.07 Å². The summed E-state index contributed by atoms with van der Waals surface area (Å²) in [5.41, 5.74) is -1.05. The maximum absolute atomic E-state index is 10.1. The van der Waals surface area contributed by atoms with Gasteiger partial charge in [-0.25, -0.2) is 0 Å². The van der Waals surface area contributed by atoms with Gasteiger partial charge in [0.15, 0.2) is 5.60 Å². The fourth-order valence-electron chi connectivity index (χ4n) is 2.43. The van der Waals surface area contributed by atoms with Gasteiger partial charge in [-0.1, -0.05) is 24.3 Å². The molecule has 0 radical (unpaired) electrons. The van der Waals surface area contributed by atoms with E-state index in [1.165, 1.54) is 4.88 Å². The van der Waals surface area contributed by atoms with Crippen LogP contribution in [0.3, 0.4) is 0 Å². The van der Waals surface area contributed by atoms with Gasteiger partial charge in [0.25, 0.3) is 0 Å². The lowest BCUT2D eigenvalue weighted by Crippen LogP contribution is -2.46. The molecule has 0 spiro atoms. The second-order valence-corrected chi connectivity index (χ2v) is 7.51. The monoisotopic (exact) mass is 332 g/mol. The zero-order valence-electron chi connectivity index (χ0n) is 13.7. The van der Waals surface area contributed by atoms with Crippen molar-refractivity contribution in [3.63, 3.8) is 0 Å². The molecule has 2 unspecified atom stereocenters. The van der Waals surface area contributed by atoms with Crippen LogP contribution in [0.2, 0.25) is 0 Å². The predicted octanol–water partition coefficient (Wildman–Crippen LogP) is 2.81. The number of rotatable bonds is 8. The molecule has 0 aromatic carbocycles. The molecule has 2 rings (SSSR count). The van der Waals surface area contributed by atoms with Crippen molar-refractivity contribution in [3.05, 3.63) is 46.7 Å². The summed E-state index contributed by atoms with van der Waals surface area (Å²) < 4.78 is 5.67. The first-order chi connectivity index (χ1) is 10.9. The van der Waals surface area contributed by atoms with Crippen LogP contribution in [0, 0.1) is 11.3 Å². The Balaban J connectivity index is 1.76. The maximum atomic E-state index is 10.1. The van der Waals surface area contributed by atoms with Crippen LogP contribution in [0.4, 0.5) is 0 Å². The number of nitrogens with zero attached hydrogens (tertiary/aromatic N) is 1. The summed E-state index contributed by atoms with van der Waals surface area (Å²) in [7, 11) is 0. The van der Waals surface area contributed by atoms with Crippen LogP contribution in [0.25, 0.3) is 0 Å². The average Bonchev–Trinajstić information content (AvgIpc) is 3.04. The zero-order valence-corrected chi connectivity index (χ0v) is 14.5. The number of nitrogens with one attached hydrogen (secondary N) is 1. The molecular formula is C18H24N2O2S. The number of nitriles is 1. The molecule has 23 heavy (non-hydrogen) atoms. The Kier molecular flexibility index (Phi) is 6.14. The Morgan fingerprint density at radius 2 is 2.35 bits per heavy atom. The van der Waals surface area contributed by atoms with Crippen LogP contribution in [0.1, 0.15) is 25.1 Å². The Morgan fingerprint density at radius 3 is 2.96 bits per heavy atom. The van der Waals surface area contributed by atoms with Crippen molar-refractivity contribution >= 4 is 11.3 Å². The minimum absolute atomic E-state index is 0.105. The molecule has 1 heterocycles. The third-order valence-electron chi connectivity index (χ3n) is 3.77. The van der Waals surface area contributed by atoms with Crippen molar-refractivity contribution < 1.29 is 9.84 Å². The summed E-state index contributed by atoms with van der Waals surface area (Å²) in [5.74, 6) is 0. The molecule has 4 nitrogen and oxygen atoms in total. The molecule has 1 aliphatic carbocycles. The summed E-state index contributed by atoms with van der Waals surface area (Å²) in [6.45, 7) is 4.80. The van der Waals surface area contributed by atoms with Gasteiger partial charge >= 0.3 is 0 Å². The van der Waals surface area contributed by atoms with E-state index >= 15 is 0 Å². The van der Waals surface area contributed by atoms with Crippen molar-refractivity contribution in [1.29, 1.82) is 5.26 Å². The lowest BCUT2D eigenvalue weighted by molar-refractivity contribution is -0.0232. The third-order valence-corrected chi connectivity index (χ3v) is 4.65. The topological polar surface area (TPSA) is 65.3 Å². The largest absolute Gasteiger partial charge is 0.389 e. The van der Waals surface area contributed by atoms with E-state index in [2.05, 4.69) is 36.7 Å². The summed E-state index contributed by atoms with van der Waals surface area (Å²) in [6, 6.07) is 6.35. The van der Waals surface area contributed by atoms with Crippen molar-refractivity contribution in [2.24, 2.45) is 0 Å². The van der Waals surface area contributed by atoms with E-state index in [0.29, 0.717) is 13.0 Å². The summed E-state index contributed by atoms with van der Waals surface area (Å²) in [4.78, 5) is 1.32. The number of hydrogen-bond acceptors (Lipinski definition) is 5. The van der Waals surface area contributed by atoms with Gasteiger partial charge in [0, 0.05) is 23.4 Å². The van der Waals surface area contributed by atoms with Gasteiger partial charge in [0.2, 0.25) is 0 Å². The van der Waals surface area contributed by atoms with Gasteiger partial charge in [-0.2, -0.15) is 5.26 Å². The number of aliphatic hydroxyl groups excluding tert-OH is 1. The molecule has 0 bridgehead atoms. The molecule has 0 fully saturated rings. The molecule has 0 saturated carbocycles. The molecular weight excluding hydrogens is 308 g/mol. The smallest absolute Gasteiger partial charge is 0.176 e. The standard InChI is InChI=1S/C18H24N2O2S/c1-17(2,11-16-7-6-10-23-16)20-12-15(21)13-22-18(14-19)8-4-3-5-9-18/h3-8,10,15,20-21H,9,11-13H2,1-2H3. The van der Waals surface area contributed by atoms with Crippen LogP contribution in [0.5, 0.6) is 0 Å². The van der Waals surface area contributed by atoms with Crippen molar-refractivity contribution in [2.75, 3.05) is 13.2 Å². The van der Waals surface area contributed by atoms with Gasteiger partial charge in [0.1, 0.15) is 6.07 Å². The van der Waals surface area contributed by atoms with Crippen LogP contribution in [-0.4, -0.2) is 35.5 Å². The quantitative estimate of drug-likeness (QED) is 0.768. The molecule has 1 aliphatic rings. The van der Waals surface area contributed by atoms with E-state index < -0.39 is 11.7 Å². The van der Waals surface area contributed by atoms with Gasteiger partial charge in [-0.3, -0.25) is 0 Å². The molecule has 0 aliphatic heterocycles. The SMILES string of the molecule is CC(C)(Cc1cccs1)NCC(O)COC1(C#N)C=CC=CC1. The molecule has 0 amide bonds. The van der Waals surface area contributed by atoms with Crippen LogP contribution >= 0.6 is 11.3 Å². The first-order valence-electron chi connectivity index (χ1n) is 7.80. The number of thiophene rings is 1. The molecule has 0 saturated heterocycles. The molecule has 124 valence electrons. The molecule has 2 atom stereocenters. The lowest BCUT2D eigenvalue weighted by atomic mass is 9.97. The zero-order chi connectivity index (χ0) is 16.8. The summed E-state index contributed by atoms with van der Waals surface area (Å²) >= 11 is 1.74. The highest BCUT2D eigenvalue weighted by atomic mass is 32.1. The van der Waals surface area contributed by atoms with E-state index in [4.69, 9.17) is 4.74 Å². The number of β-amino-alcohol motifs (C(OH)–C–C–N with tert-alkyl or cyclic N) is 1. The first-order valence-corrected chi connectivity index (χ1v) is 8.68. The van der Waals surface area contributed by atoms with Crippen molar-refractivity contribution in [2.45, 2.75) is 43.9 Å². The van der Waals surface area contributed by atoms with Gasteiger partial charge in [0.05, 0.1) is 12.7 Å². The lowest BCUT2D eigenvalue weighted by Gasteiger charge is -2.29. The third kappa shape index (κ3) is 5.60. The second kappa shape index (κ2) is 7.89. The predicted molar refractivity (Wildman–Crippen MR) is 93.3 cm³/mol. The van der Waals surface area contributed by atoms with Gasteiger partial charge < -0.3 is 15.2 Å². The minimum Gasteiger partial charge on any atom is -0.389 e. The van der Waals surface area contributed by atoms with Crippen LogP contribution in [-0.2, 0) is 11.2 Å². The maximum Gasteiger partial charge on any atom is 0.176 e. The van der Waals surface area contributed by atoms with Gasteiger partial charge in [-0.15, -0.1) is 11.3 Å². The Labute approximate surface area is 142 Å². The fraction of sp³-hybridized carbons (Fsp3) is 0.500. The van der Waals surface area contributed by atoms with E-state index in [1.807, 2.05) is 24.3 Å². The Morgan fingerprint density at radius 1 is 1.52 bits per heavy atom. The normalized spacial score (nSPS) is 22.0. The van der Waals surface area contributed by atoms with Crippen molar-refractivity contribution in [1.82, 2.24) is 5.32 Å². The number of ether oxygens (including phenoxy) is 1. The van der Waals surface area contributed by atoms with Crippen LogP contribution < -0.4 is 5.32 Å². The summed E-state index contributed by atoms with van der Waals surface area (Å²) in [6.07, 6.45) is 8.12. The molecule has 2 N–H and O–H groups in total. The highest BCUT2D eigenvalue weighted by Crippen LogP contribution is 2.22.